The number of rotatable bonds is 2. The van der Waals surface area contributed by atoms with Crippen molar-refractivity contribution < 1.29 is 9.50 Å². The number of hydrogen-bond donors (Lipinski definition) is 2. The molecule has 0 unspecified atom stereocenters. The van der Waals surface area contributed by atoms with Crippen LogP contribution in [-0.4, -0.2) is 21.9 Å². The number of aromatic amines is 1. The zero-order chi connectivity index (χ0) is 9.26. The van der Waals surface area contributed by atoms with E-state index in [0.717, 1.165) is 0 Å². The van der Waals surface area contributed by atoms with Gasteiger partial charge in [-0.15, -0.1) is 0 Å². The van der Waals surface area contributed by atoms with Crippen LogP contribution in [0.15, 0.2) is 18.2 Å². The van der Waals surface area contributed by atoms with Gasteiger partial charge in [-0.1, -0.05) is 6.07 Å². The molecule has 0 bridgehead atoms. The molecule has 13 heavy (non-hydrogen) atoms. The summed E-state index contributed by atoms with van der Waals surface area (Å²) in [4.78, 5) is 0. The Morgan fingerprint density at radius 1 is 1.46 bits per heavy atom. The number of nitrogens with zero attached hydrogens (tertiary/aromatic N) is 1. The monoisotopic (exact) mass is 180 g/mol. The number of hydrogen-bond acceptors (Lipinski definition) is 2. The van der Waals surface area contributed by atoms with E-state index in [0.29, 0.717) is 23.0 Å². The van der Waals surface area contributed by atoms with Crippen molar-refractivity contribution in [1.29, 1.82) is 0 Å². The van der Waals surface area contributed by atoms with Crippen molar-refractivity contribution in [1.82, 2.24) is 10.2 Å². The molecule has 0 amide bonds. The largest absolute Gasteiger partial charge is 0.396 e. The third-order valence-corrected chi connectivity index (χ3v) is 1.97. The molecule has 1 aromatic carbocycles. The molecule has 2 rings (SSSR count). The fraction of sp³-hybridized carbons (Fsp3) is 0.222. The van der Waals surface area contributed by atoms with Gasteiger partial charge in [0.1, 0.15) is 5.82 Å². The topological polar surface area (TPSA) is 48.9 Å². The van der Waals surface area contributed by atoms with Crippen LogP contribution in [0.5, 0.6) is 0 Å². The summed E-state index contributed by atoms with van der Waals surface area (Å²) in [7, 11) is 0. The second-order valence-electron chi connectivity index (χ2n) is 2.81. The minimum atomic E-state index is -0.297. The average molecular weight is 180 g/mol. The molecule has 0 radical (unpaired) electrons. The van der Waals surface area contributed by atoms with Crippen LogP contribution in [0.3, 0.4) is 0 Å². The van der Waals surface area contributed by atoms with Crippen molar-refractivity contribution >= 4 is 10.9 Å². The second kappa shape index (κ2) is 3.14. The Morgan fingerprint density at radius 3 is 3.08 bits per heavy atom. The summed E-state index contributed by atoms with van der Waals surface area (Å²) < 4.78 is 13.3. The van der Waals surface area contributed by atoms with Crippen LogP contribution >= 0.6 is 0 Å². The summed E-state index contributed by atoms with van der Waals surface area (Å²) in [6.45, 7) is -0.00831. The lowest BCUT2D eigenvalue weighted by Crippen LogP contribution is -1.92. The molecule has 0 saturated carbocycles. The molecule has 0 aliphatic carbocycles. The van der Waals surface area contributed by atoms with Gasteiger partial charge < -0.3 is 5.11 Å². The van der Waals surface area contributed by atoms with Crippen molar-refractivity contribution in [2.45, 2.75) is 6.42 Å². The number of H-pyrrole nitrogens is 1. The normalized spacial score (nSPS) is 10.9. The third-order valence-electron chi connectivity index (χ3n) is 1.97. The molecule has 2 aromatic rings. The summed E-state index contributed by atoms with van der Waals surface area (Å²) >= 11 is 0. The minimum Gasteiger partial charge on any atom is -0.396 e. The van der Waals surface area contributed by atoms with Crippen LogP contribution in [0.1, 0.15) is 5.69 Å². The number of benzene rings is 1. The Bertz CT molecular complexity index is 424. The Hall–Kier alpha value is -1.42. The second-order valence-corrected chi connectivity index (χ2v) is 2.81. The molecule has 0 saturated heterocycles. The van der Waals surface area contributed by atoms with Gasteiger partial charge in [0.2, 0.25) is 0 Å². The van der Waals surface area contributed by atoms with Gasteiger partial charge >= 0.3 is 0 Å². The first-order valence-electron chi connectivity index (χ1n) is 4.05. The van der Waals surface area contributed by atoms with E-state index in [1.807, 2.05) is 0 Å². The third kappa shape index (κ3) is 1.29. The first-order chi connectivity index (χ1) is 6.33. The summed E-state index contributed by atoms with van der Waals surface area (Å²) in [5, 5.41) is 15.8. The maximum absolute atomic E-state index is 13.3. The summed E-state index contributed by atoms with van der Waals surface area (Å²) in [6.07, 6.45) is 0.400. The predicted molar refractivity (Wildman–Crippen MR) is 46.8 cm³/mol. The fourth-order valence-electron chi connectivity index (χ4n) is 1.38. The molecular weight excluding hydrogens is 171 g/mol. The summed E-state index contributed by atoms with van der Waals surface area (Å²) in [5.74, 6) is -0.297. The molecule has 68 valence electrons. The predicted octanol–water partition coefficient (Wildman–Crippen LogP) is 1.24. The minimum absolute atomic E-state index is 0.00831. The Balaban J connectivity index is 2.64. The van der Waals surface area contributed by atoms with Gasteiger partial charge in [0.05, 0.1) is 10.9 Å². The van der Waals surface area contributed by atoms with Crippen molar-refractivity contribution in [2.75, 3.05) is 6.61 Å². The molecule has 0 spiro atoms. The molecule has 1 aromatic heterocycles. The fourth-order valence-corrected chi connectivity index (χ4v) is 1.38. The van der Waals surface area contributed by atoms with Crippen molar-refractivity contribution in [2.24, 2.45) is 0 Å². The lowest BCUT2D eigenvalue weighted by Gasteiger charge is -1.94. The van der Waals surface area contributed by atoms with Crippen molar-refractivity contribution in [3.8, 4) is 0 Å². The van der Waals surface area contributed by atoms with E-state index >= 15 is 0 Å². The SMILES string of the molecule is OCCc1[nH]nc2cccc(F)c12. The van der Waals surface area contributed by atoms with E-state index < -0.39 is 0 Å². The quantitative estimate of drug-likeness (QED) is 0.730. The Labute approximate surface area is 74.2 Å². The number of aliphatic hydroxyl groups is 1. The van der Waals surface area contributed by atoms with Gasteiger partial charge in [0.15, 0.2) is 0 Å². The van der Waals surface area contributed by atoms with E-state index in [9.17, 15) is 4.39 Å². The highest BCUT2D eigenvalue weighted by atomic mass is 19.1. The van der Waals surface area contributed by atoms with Gasteiger partial charge in [0, 0.05) is 18.7 Å². The van der Waals surface area contributed by atoms with Crippen LogP contribution in [0, 0.1) is 5.82 Å². The summed E-state index contributed by atoms with van der Waals surface area (Å²) in [6, 6.07) is 4.73. The maximum Gasteiger partial charge on any atom is 0.134 e. The number of nitrogens with one attached hydrogen (secondary N) is 1. The van der Waals surface area contributed by atoms with Crippen LogP contribution in [-0.2, 0) is 6.42 Å². The van der Waals surface area contributed by atoms with Crippen LogP contribution in [0.4, 0.5) is 4.39 Å². The first-order valence-corrected chi connectivity index (χ1v) is 4.05. The van der Waals surface area contributed by atoms with E-state index in [1.54, 1.807) is 12.1 Å². The molecular formula is C9H9FN2O. The van der Waals surface area contributed by atoms with E-state index in [4.69, 9.17) is 5.11 Å². The maximum atomic E-state index is 13.3. The first kappa shape index (κ1) is 8.19. The Morgan fingerprint density at radius 2 is 2.31 bits per heavy atom. The number of fused-ring (bicyclic) bond motifs is 1. The van der Waals surface area contributed by atoms with E-state index in [1.165, 1.54) is 6.07 Å². The number of aromatic nitrogens is 2. The lowest BCUT2D eigenvalue weighted by molar-refractivity contribution is 0.298. The summed E-state index contributed by atoms with van der Waals surface area (Å²) in [5.41, 5.74) is 1.25. The van der Waals surface area contributed by atoms with Crippen LogP contribution in [0.25, 0.3) is 10.9 Å². The van der Waals surface area contributed by atoms with Gasteiger partial charge in [0.25, 0.3) is 0 Å². The number of aliphatic hydroxyl groups excluding tert-OH is 1. The molecule has 0 fully saturated rings. The molecule has 0 atom stereocenters. The Kier molecular flexibility index (Phi) is 1.98. The van der Waals surface area contributed by atoms with Gasteiger partial charge in [-0.2, -0.15) is 5.10 Å². The van der Waals surface area contributed by atoms with Gasteiger partial charge in [-0.05, 0) is 12.1 Å². The number of halogens is 1. The zero-order valence-corrected chi connectivity index (χ0v) is 6.92. The van der Waals surface area contributed by atoms with Crippen molar-refractivity contribution in [3.05, 3.63) is 29.7 Å². The van der Waals surface area contributed by atoms with Crippen LogP contribution < -0.4 is 0 Å². The molecule has 0 aliphatic heterocycles. The lowest BCUT2D eigenvalue weighted by atomic mass is 10.1. The molecule has 0 aliphatic rings. The van der Waals surface area contributed by atoms with Gasteiger partial charge in [-0.25, -0.2) is 4.39 Å². The van der Waals surface area contributed by atoms with E-state index in [2.05, 4.69) is 10.2 Å². The van der Waals surface area contributed by atoms with Crippen molar-refractivity contribution in [3.63, 3.8) is 0 Å². The van der Waals surface area contributed by atoms with Gasteiger partial charge in [-0.3, -0.25) is 5.10 Å². The highest BCUT2D eigenvalue weighted by molar-refractivity contribution is 5.81. The highest BCUT2D eigenvalue weighted by Crippen LogP contribution is 2.19. The molecule has 4 heteroatoms. The molecule has 1 heterocycles. The molecule has 3 nitrogen and oxygen atoms in total. The zero-order valence-electron chi connectivity index (χ0n) is 6.92. The standard InChI is InChI=1S/C9H9FN2O/c10-6-2-1-3-7-9(6)8(4-5-13)12-11-7/h1-3,13H,4-5H2,(H,11,12). The molecule has 2 N–H and O–H groups in total. The average Bonchev–Trinajstić information content (AvgIpc) is 2.51. The smallest absolute Gasteiger partial charge is 0.134 e. The van der Waals surface area contributed by atoms with E-state index in [-0.39, 0.29) is 12.4 Å². The highest BCUT2D eigenvalue weighted by Gasteiger charge is 2.08. The van der Waals surface area contributed by atoms with Crippen LogP contribution in [0.2, 0.25) is 0 Å².